The second kappa shape index (κ2) is 13.4. The van der Waals surface area contributed by atoms with Gasteiger partial charge in [0.1, 0.15) is 23.7 Å². The summed E-state index contributed by atoms with van der Waals surface area (Å²) in [4.78, 5) is 15.2. The van der Waals surface area contributed by atoms with E-state index >= 15 is 0 Å². The van der Waals surface area contributed by atoms with Crippen LogP contribution in [-0.2, 0) is 19.0 Å². The largest absolute Gasteiger partial charge is 0.433 e. The molecule has 0 bridgehead atoms. The van der Waals surface area contributed by atoms with Gasteiger partial charge < -0.3 is 15.7 Å². The van der Waals surface area contributed by atoms with Crippen molar-refractivity contribution in [3.05, 3.63) is 59.5 Å². The monoisotopic (exact) mass is 590 g/mol. The zero-order chi connectivity index (χ0) is 28.3. The van der Waals surface area contributed by atoms with Crippen LogP contribution >= 0.6 is 12.4 Å². The lowest BCUT2D eigenvalue weighted by atomic mass is 9.88. The standard InChI is InChI=1S/C30H37F3N6O.ClH/c1-19(2)17-39-13-4-3-7-21(39)16-34-29-23(11-12-27(38-29)30(31,32)33)26-15-28(36-18-35-26)37-25-8-5-6-20-9-10-22(40)14-24(20)25;/h5-6,8,11-12,15,18-19,21-22,40H,3-4,7,9-10,13-14,16-17H2,1-2H3,(H,34,38)(H,35,36,37);1H. The van der Waals surface area contributed by atoms with Crippen LogP contribution in [0.4, 0.5) is 30.5 Å². The van der Waals surface area contributed by atoms with Crippen LogP contribution in [0.25, 0.3) is 11.3 Å². The number of aromatic nitrogens is 3. The second-order valence-electron chi connectivity index (χ2n) is 11.3. The number of piperidine rings is 1. The lowest BCUT2D eigenvalue weighted by Gasteiger charge is -2.37. The number of alkyl halides is 3. The maximum atomic E-state index is 13.6. The zero-order valence-electron chi connectivity index (χ0n) is 23.4. The maximum absolute atomic E-state index is 13.6. The van der Waals surface area contributed by atoms with Gasteiger partial charge in [-0.15, -0.1) is 12.4 Å². The first-order valence-electron chi connectivity index (χ1n) is 14.1. The van der Waals surface area contributed by atoms with Gasteiger partial charge in [-0.25, -0.2) is 15.0 Å². The number of fused-ring (bicyclic) bond motifs is 1. The molecule has 2 atom stereocenters. The lowest BCUT2D eigenvalue weighted by Crippen LogP contribution is -2.45. The number of pyridine rings is 1. The van der Waals surface area contributed by atoms with Gasteiger partial charge in [-0.3, -0.25) is 4.90 Å². The first kappa shape index (κ1) is 31.0. The molecule has 2 aromatic heterocycles. The average Bonchev–Trinajstić information content (AvgIpc) is 2.92. The lowest BCUT2D eigenvalue weighted by molar-refractivity contribution is -0.141. The number of halogens is 4. The van der Waals surface area contributed by atoms with Crippen molar-refractivity contribution in [2.24, 2.45) is 5.92 Å². The van der Waals surface area contributed by atoms with Crippen molar-refractivity contribution in [3.8, 4) is 11.3 Å². The molecule has 0 spiro atoms. The molecular formula is C30H38ClF3N6O. The molecule has 0 amide bonds. The summed E-state index contributed by atoms with van der Waals surface area (Å²) in [7, 11) is 0. The van der Waals surface area contributed by atoms with Gasteiger partial charge in [0.25, 0.3) is 0 Å². The minimum absolute atomic E-state index is 0. The maximum Gasteiger partial charge on any atom is 0.433 e. The van der Waals surface area contributed by atoms with Crippen LogP contribution in [0.2, 0.25) is 0 Å². The number of hydrogen-bond acceptors (Lipinski definition) is 7. The first-order chi connectivity index (χ1) is 19.2. The van der Waals surface area contributed by atoms with E-state index in [1.165, 1.54) is 18.0 Å². The van der Waals surface area contributed by atoms with E-state index in [1.54, 1.807) is 6.07 Å². The highest BCUT2D eigenvalue weighted by molar-refractivity contribution is 5.85. The summed E-state index contributed by atoms with van der Waals surface area (Å²) in [5, 5.41) is 16.8. The fourth-order valence-corrected chi connectivity index (χ4v) is 5.77. The van der Waals surface area contributed by atoms with Crippen molar-refractivity contribution < 1.29 is 18.3 Å². The summed E-state index contributed by atoms with van der Waals surface area (Å²) in [6, 6.07) is 10.4. The molecule has 1 fully saturated rings. The van der Waals surface area contributed by atoms with E-state index in [1.807, 2.05) is 12.1 Å². The highest BCUT2D eigenvalue weighted by Gasteiger charge is 2.33. The summed E-state index contributed by atoms with van der Waals surface area (Å²) in [6.07, 6.45) is 1.79. The SMILES string of the molecule is CC(C)CN1CCCCC1CNc1nc(C(F)(F)F)ccc1-c1cc(Nc2cccc3c2CC(O)CC3)ncn1.Cl. The van der Waals surface area contributed by atoms with Gasteiger partial charge in [-0.2, -0.15) is 13.2 Å². The van der Waals surface area contributed by atoms with Gasteiger partial charge in [0.2, 0.25) is 0 Å². The Labute approximate surface area is 245 Å². The van der Waals surface area contributed by atoms with Crippen LogP contribution in [-0.4, -0.2) is 56.7 Å². The normalized spacial score (nSPS) is 19.4. The van der Waals surface area contributed by atoms with Crippen molar-refractivity contribution in [2.45, 2.75) is 70.7 Å². The van der Waals surface area contributed by atoms with Gasteiger partial charge >= 0.3 is 6.18 Å². The van der Waals surface area contributed by atoms with Crippen LogP contribution in [0.15, 0.2) is 42.7 Å². The summed E-state index contributed by atoms with van der Waals surface area (Å²) >= 11 is 0. The first-order valence-corrected chi connectivity index (χ1v) is 14.1. The van der Waals surface area contributed by atoms with Crippen LogP contribution in [0.1, 0.15) is 56.4 Å². The van der Waals surface area contributed by atoms with Crippen molar-refractivity contribution in [1.82, 2.24) is 19.9 Å². The Morgan fingerprint density at radius 3 is 2.71 bits per heavy atom. The van der Waals surface area contributed by atoms with Gasteiger partial charge in [-0.1, -0.05) is 32.4 Å². The molecule has 0 radical (unpaired) electrons. The van der Waals surface area contributed by atoms with Gasteiger partial charge in [-0.05, 0) is 67.5 Å². The Morgan fingerprint density at radius 1 is 1.10 bits per heavy atom. The van der Waals surface area contributed by atoms with Crippen molar-refractivity contribution >= 4 is 29.7 Å². The van der Waals surface area contributed by atoms with Crippen molar-refractivity contribution in [3.63, 3.8) is 0 Å². The number of likely N-dealkylation sites (tertiary alicyclic amines) is 1. The molecular weight excluding hydrogens is 553 g/mol. The molecule has 1 aliphatic heterocycles. The number of benzene rings is 1. The minimum atomic E-state index is -4.56. The minimum Gasteiger partial charge on any atom is -0.393 e. The summed E-state index contributed by atoms with van der Waals surface area (Å²) in [5.41, 5.74) is 3.11. The quantitative estimate of drug-likeness (QED) is 0.276. The highest BCUT2D eigenvalue weighted by Crippen LogP contribution is 2.34. The van der Waals surface area contributed by atoms with Gasteiger partial charge in [0.15, 0.2) is 0 Å². The van der Waals surface area contributed by atoms with E-state index < -0.39 is 11.9 Å². The van der Waals surface area contributed by atoms with Crippen LogP contribution in [0.3, 0.4) is 0 Å². The van der Waals surface area contributed by atoms with E-state index in [0.717, 1.165) is 62.5 Å². The molecule has 1 aliphatic carbocycles. The molecule has 2 unspecified atom stereocenters. The van der Waals surface area contributed by atoms with E-state index in [4.69, 9.17) is 0 Å². The molecule has 11 heteroatoms. The highest BCUT2D eigenvalue weighted by atomic mass is 35.5. The van der Waals surface area contributed by atoms with Crippen LogP contribution < -0.4 is 10.6 Å². The third-order valence-electron chi connectivity index (χ3n) is 7.71. The summed E-state index contributed by atoms with van der Waals surface area (Å²) < 4.78 is 40.9. The number of nitrogens with one attached hydrogen (secondary N) is 2. The molecule has 3 N–H and O–H groups in total. The van der Waals surface area contributed by atoms with Crippen LogP contribution in [0.5, 0.6) is 0 Å². The molecule has 0 saturated carbocycles. The molecule has 7 nitrogen and oxygen atoms in total. The van der Waals surface area contributed by atoms with Crippen LogP contribution in [0, 0.1) is 5.92 Å². The number of aliphatic hydroxyl groups is 1. The van der Waals surface area contributed by atoms with Crippen molar-refractivity contribution in [1.29, 1.82) is 0 Å². The third-order valence-corrected chi connectivity index (χ3v) is 7.71. The molecule has 1 saturated heterocycles. The molecule has 2 aliphatic rings. The van der Waals surface area contributed by atoms with E-state index in [0.29, 0.717) is 36.0 Å². The number of aliphatic hydroxyl groups excluding tert-OH is 1. The third kappa shape index (κ3) is 7.67. The Balaban J connectivity index is 0.00000387. The fraction of sp³-hybridized carbons (Fsp3) is 0.500. The zero-order valence-corrected chi connectivity index (χ0v) is 24.2. The molecule has 3 heterocycles. The van der Waals surface area contributed by atoms with Gasteiger partial charge in [0.05, 0.1) is 11.8 Å². The Kier molecular flexibility index (Phi) is 10.1. The summed E-state index contributed by atoms with van der Waals surface area (Å²) in [6.45, 7) is 6.81. The smallest absolute Gasteiger partial charge is 0.393 e. The number of anilines is 3. The van der Waals surface area contributed by atoms with Crippen molar-refractivity contribution in [2.75, 3.05) is 30.3 Å². The number of aryl methyl sites for hydroxylation is 1. The molecule has 3 aromatic rings. The molecule has 1 aromatic carbocycles. The number of nitrogens with zero attached hydrogens (tertiary/aromatic N) is 4. The van der Waals surface area contributed by atoms with Gasteiger partial charge in [0, 0.05) is 42.9 Å². The Bertz CT molecular complexity index is 1320. The predicted octanol–water partition coefficient (Wildman–Crippen LogP) is 6.49. The topological polar surface area (TPSA) is 86.2 Å². The van der Waals surface area contributed by atoms with E-state index in [2.05, 4.69) is 50.4 Å². The predicted molar refractivity (Wildman–Crippen MR) is 158 cm³/mol. The molecule has 222 valence electrons. The van der Waals surface area contributed by atoms with E-state index in [9.17, 15) is 18.3 Å². The molecule has 41 heavy (non-hydrogen) atoms. The average molecular weight is 591 g/mol. The molecule has 5 rings (SSSR count). The summed E-state index contributed by atoms with van der Waals surface area (Å²) in [5.74, 6) is 1.18. The Hall–Kier alpha value is -2.95. The Morgan fingerprint density at radius 2 is 1.93 bits per heavy atom. The second-order valence-corrected chi connectivity index (χ2v) is 11.3. The van der Waals surface area contributed by atoms with E-state index in [-0.39, 0.29) is 30.4 Å². The number of hydrogen-bond donors (Lipinski definition) is 3. The number of rotatable bonds is 8. The fourth-order valence-electron chi connectivity index (χ4n) is 5.77.